The molecule has 0 heterocycles. The molecule has 0 spiro atoms. The highest BCUT2D eigenvalue weighted by atomic mass is 32.2. The lowest BCUT2D eigenvalue weighted by molar-refractivity contribution is -0.123. The predicted molar refractivity (Wildman–Crippen MR) is 78.7 cm³/mol. The van der Waals surface area contributed by atoms with Crippen LogP contribution in [0.2, 0.25) is 0 Å². The number of thioether (sulfide) groups is 1. The van der Waals surface area contributed by atoms with Gasteiger partial charge < -0.3 is 11.1 Å². The standard InChI is InChI=1S/C14H22N2OS/c1-10-5-4-6-12(9-10)11(2)16-14(17)13(15)7-8-18-3/h4-6,9,11,13H,7-8,15H2,1-3H3,(H,16,17)/t11-,13-/m1/s1. The van der Waals surface area contributed by atoms with E-state index in [2.05, 4.69) is 11.4 Å². The lowest BCUT2D eigenvalue weighted by Crippen LogP contribution is -2.41. The first-order chi connectivity index (χ1) is 8.54. The van der Waals surface area contributed by atoms with Crippen LogP contribution in [0.1, 0.15) is 30.5 Å². The van der Waals surface area contributed by atoms with Gasteiger partial charge in [0.1, 0.15) is 0 Å². The molecule has 4 heteroatoms. The molecule has 1 rings (SSSR count). The van der Waals surface area contributed by atoms with E-state index < -0.39 is 6.04 Å². The van der Waals surface area contributed by atoms with Crippen LogP contribution in [-0.4, -0.2) is 24.0 Å². The van der Waals surface area contributed by atoms with E-state index >= 15 is 0 Å². The van der Waals surface area contributed by atoms with Gasteiger partial charge in [0, 0.05) is 0 Å². The number of rotatable bonds is 6. The molecular weight excluding hydrogens is 244 g/mol. The summed E-state index contributed by atoms with van der Waals surface area (Å²) in [6.45, 7) is 4.02. The molecule has 0 saturated heterocycles. The quantitative estimate of drug-likeness (QED) is 0.830. The first kappa shape index (κ1) is 15.1. The number of aryl methyl sites for hydroxylation is 1. The Kier molecular flexibility index (Phi) is 6.22. The molecule has 18 heavy (non-hydrogen) atoms. The van der Waals surface area contributed by atoms with Crippen LogP contribution in [-0.2, 0) is 4.79 Å². The zero-order valence-corrected chi connectivity index (χ0v) is 12.1. The van der Waals surface area contributed by atoms with Crippen LogP contribution in [0, 0.1) is 6.92 Å². The van der Waals surface area contributed by atoms with Gasteiger partial charge in [-0.2, -0.15) is 11.8 Å². The van der Waals surface area contributed by atoms with Crippen molar-refractivity contribution in [3.05, 3.63) is 35.4 Å². The Morgan fingerprint density at radius 1 is 1.50 bits per heavy atom. The van der Waals surface area contributed by atoms with Gasteiger partial charge in [-0.05, 0) is 37.8 Å². The molecule has 0 aromatic heterocycles. The molecule has 1 aromatic rings. The molecule has 0 fully saturated rings. The van der Waals surface area contributed by atoms with Crippen molar-refractivity contribution in [3.8, 4) is 0 Å². The number of nitrogens with one attached hydrogen (secondary N) is 1. The summed E-state index contributed by atoms with van der Waals surface area (Å²) in [5.74, 6) is 0.839. The molecule has 0 radical (unpaired) electrons. The van der Waals surface area contributed by atoms with Crippen molar-refractivity contribution in [1.82, 2.24) is 5.32 Å². The van der Waals surface area contributed by atoms with E-state index in [1.807, 2.05) is 38.3 Å². The monoisotopic (exact) mass is 266 g/mol. The van der Waals surface area contributed by atoms with Gasteiger partial charge in [-0.25, -0.2) is 0 Å². The van der Waals surface area contributed by atoms with Gasteiger partial charge in [-0.1, -0.05) is 29.8 Å². The molecule has 0 aliphatic carbocycles. The van der Waals surface area contributed by atoms with E-state index in [-0.39, 0.29) is 11.9 Å². The molecule has 1 aromatic carbocycles. The van der Waals surface area contributed by atoms with Crippen LogP contribution in [0.25, 0.3) is 0 Å². The summed E-state index contributed by atoms with van der Waals surface area (Å²) in [6.07, 6.45) is 2.73. The summed E-state index contributed by atoms with van der Waals surface area (Å²) in [5.41, 5.74) is 8.14. The summed E-state index contributed by atoms with van der Waals surface area (Å²) in [4.78, 5) is 11.9. The second-order valence-electron chi connectivity index (χ2n) is 4.53. The van der Waals surface area contributed by atoms with Crippen molar-refractivity contribution in [2.75, 3.05) is 12.0 Å². The molecule has 3 N–H and O–H groups in total. The van der Waals surface area contributed by atoms with Gasteiger partial charge in [0.2, 0.25) is 5.91 Å². The van der Waals surface area contributed by atoms with Crippen LogP contribution >= 0.6 is 11.8 Å². The lowest BCUT2D eigenvalue weighted by atomic mass is 10.1. The smallest absolute Gasteiger partial charge is 0.237 e. The van der Waals surface area contributed by atoms with E-state index in [0.29, 0.717) is 6.42 Å². The number of hydrogen-bond donors (Lipinski definition) is 2. The van der Waals surface area contributed by atoms with E-state index in [1.54, 1.807) is 11.8 Å². The minimum absolute atomic E-state index is 0.00210. The summed E-state index contributed by atoms with van der Waals surface area (Å²) in [7, 11) is 0. The van der Waals surface area contributed by atoms with Crippen molar-refractivity contribution in [2.45, 2.75) is 32.4 Å². The molecule has 0 aliphatic heterocycles. The number of nitrogens with two attached hydrogens (primary N) is 1. The van der Waals surface area contributed by atoms with Gasteiger partial charge in [0.25, 0.3) is 0 Å². The predicted octanol–water partition coefficient (Wildman–Crippen LogP) is 2.25. The fourth-order valence-electron chi connectivity index (χ4n) is 1.72. The molecule has 0 unspecified atom stereocenters. The molecule has 0 aliphatic rings. The van der Waals surface area contributed by atoms with Crippen molar-refractivity contribution in [1.29, 1.82) is 0 Å². The highest BCUT2D eigenvalue weighted by Crippen LogP contribution is 2.14. The summed E-state index contributed by atoms with van der Waals surface area (Å²) in [5, 5.41) is 2.96. The third kappa shape index (κ3) is 4.70. The third-order valence-electron chi connectivity index (χ3n) is 2.87. The molecular formula is C14H22N2OS. The highest BCUT2D eigenvalue weighted by Gasteiger charge is 2.16. The van der Waals surface area contributed by atoms with Crippen LogP contribution in [0.3, 0.4) is 0 Å². The Balaban J connectivity index is 2.54. The van der Waals surface area contributed by atoms with Gasteiger partial charge in [-0.3, -0.25) is 4.79 Å². The zero-order chi connectivity index (χ0) is 13.5. The van der Waals surface area contributed by atoms with E-state index in [9.17, 15) is 4.79 Å². The minimum atomic E-state index is -0.412. The summed E-state index contributed by atoms with van der Waals surface area (Å²) < 4.78 is 0. The number of amides is 1. The van der Waals surface area contributed by atoms with Gasteiger partial charge >= 0.3 is 0 Å². The molecule has 0 saturated carbocycles. The van der Waals surface area contributed by atoms with Gasteiger partial charge in [0.05, 0.1) is 12.1 Å². The zero-order valence-electron chi connectivity index (χ0n) is 11.3. The van der Waals surface area contributed by atoms with Crippen molar-refractivity contribution in [2.24, 2.45) is 5.73 Å². The minimum Gasteiger partial charge on any atom is -0.348 e. The molecule has 2 atom stereocenters. The second-order valence-corrected chi connectivity index (χ2v) is 5.52. The van der Waals surface area contributed by atoms with Gasteiger partial charge in [-0.15, -0.1) is 0 Å². The lowest BCUT2D eigenvalue weighted by Gasteiger charge is -2.18. The first-order valence-corrected chi connectivity index (χ1v) is 7.55. The average molecular weight is 266 g/mol. The Bertz CT molecular complexity index is 395. The van der Waals surface area contributed by atoms with Crippen LogP contribution < -0.4 is 11.1 Å². The van der Waals surface area contributed by atoms with Crippen molar-refractivity contribution >= 4 is 17.7 Å². The van der Waals surface area contributed by atoms with Crippen LogP contribution in [0.4, 0.5) is 0 Å². The van der Waals surface area contributed by atoms with Crippen molar-refractivity contribution < 1.29 is 4.79 Å². The Labute approximate surface area is 114 Å². The summed E-state index contributed by atoms with van der Waals surface area (Å²) in [6, 6.07) is 7.73. The van der Waals surface area contributed by atoms with E-state index in [1.165, 1.54) is 5.56 Å². The average Bonchev–Trinajstić information content (AvgIpc) is 2.35. The largest absolute Gasteiger partial charge is 0.348 e. The maximum Gasteiger partial charge on any atom is 0.237 e. The number of hydrogen-bond acceptors (Lipinski definition) is 3. The van der Waals surface area contributed by atoms with Gasteiger partial charge in [0.15, 0.2) is 0 Å². The van der Waals surface area contributed by atoms with Crippen LogP contribution in [0.15, 0.2) is 24.3 Å². The highest BCUT2D eigenvalue weighted by molar-refractivity contribution is 7.98. The number of carbonyl (C=O) groups excluding carboxylic acids is 1. The first-order valence-electron chi connectivity index (χ1n) is 6.16. The van der Waals surface area contributed by atoms with Crippen molar-refractivity contribution in [3.63, 3.8) is 0 Å². The summed E-state index contributed by atoms with van der Waals surface area (Å²) >= 11 is 1.70. The fourth-order valence-corrected chi connectivity index (χ4v) is 2.21. The maximum atomic E-state index is 11.9. The van der Waals surface area contributed by atoms with Crippen LogP contribution in [0.5, 0.6) is 0 Å². The Morgan fingerprint density at radius 3 is 2.83 bits per heavy atom. The Hall–Kier alpha value is -1.00. The molecule has 100 valence electrons. The maximum absolute atomic E-state index is 11.9. The molecule has 3 nitrogen and oxygen atoms in total. The van der Waals surface area contributed by atoms with E-state index in [0.717, 1.165) is 11.3 Å². The molecule has 1 amide bonds. The third-order valence-corrected chi connectivity index (χ3v) is 3.51. The normalized spacial score (nSPS) is 14.0. The SMILES string of the molecule is CSCC[C@@H](N)C(=O)N[C@H](C)c1cccc(C)c1. The number of carbonyl (C=O) groups is 1. The fraction of sp³-hybridized carbons (Fsp3) is 0.500. The second kappa shape index (κ2) is 7.44. The van der Waals surface area contributed by atoms with E-state index in [4.69, 9.17) is 5.73 Å². The molecule has 0 bridgehead atoms. The number of benzene rings is 1. The Morgan fingerprint density at radius 2 is 2.22 bits per heavy atom. The topological polar surface area (TPSA) is 55.1 Å².